The first-order valence-electron chi connectivity index (χ1n) is 18.9. The fourth-order valence-corrected chi connectivity index (χ4v) is 11.0. The summed E-state index contributed by atoms with van der Waals surface area (Å²) in [5.74, 6) is 0. The molecule has 1 aliphatic rings. The number of fused-ring (bicyclic) bond motifs is 13. The number of benzene rings is 9. The summed E-state index contributed by atoms with van der Waals surface area (Å²) in [6.45, 7) is 0. The molecule has 2 nitrogen and oxygen atoms in total. The minimum Gasteiger partial charge on any atom is -0.309 e. The van der Waals surface area contributed by atoms with Crippen LogP contribution in [0.5, 0.6) is 0 Å². The standard InChI is InChI=1S/C52H30N2S/c1-2-11-33(12-3-1)53-44-18-7-4-13-34(44)42-29-31(21-26-47(42)53)32-22-27-48-43(30-32)35-14-5-8-19-45(35)54(48)46-28-25-41-50-37(16-10-17-40(46)50)38-23-24-39-36-15-6-9-20-49(36)55-52(39)51(38)41/h1-30H. The third-order valence-corrected chi connectivity index (χ3v) is 13.3. The van der Waals surface area contributed by atoms with Crippen molar-refractivity contribution in [3.8, 4) is 44.8 Å². The Hall–Kier alpha value is -6.94. The van der Waals surface area contributed by atoms with Gasteiger partial charge < -0.3 is 9.13 Å². The fourth-order valence-electron chi connectivity index (χ4n) is 9.72. The number of nitrogens with zero attached hydrogens (tertiary/aromatic N) is 2. The van der Waals surface area contributed by atoms with Crippen molar-refractivity contribution in [3.63, 3.8) is 0 Å². The van der Waals surface area contributed by atoms with Gasteiger partial charge in [0, 0.05) is 58.4 Å². The Labute approximate surface area is 320 Å². The topological polar surface area (TPSA) is 9.86 Å². The molecule has 55 heavy (non-hydrogen) atoms. The van der Waals surface area contributed by atoms with E-state index in [2.05, 4.69) is 191 Å². The van der Waals surface area contributed by atoms with Gasteiger partial charge in [0.05, 0.1) is 27.8 Å². The van der Waals surface area contributed by atoms with Gasteiger partial charge in [-0.25, -0.2) is 0 Å². The molecule has 0 unspecified atom stereocenters. The van der Waals surface area contributed by atoms with Gasteiger partial charge in [0.25, 0.3) is 0 Å². The Morgan fingerprint density at radius 1 is 0.345 bits per heavy atom. The third-order valence-electron chi connectivity index (χ3n) is 12.1. The molecule has 3 heterocycles. The minimum absolute atomic E-state index is 1.18. The van der Waals surface area contributed by atoms with Crippen LogP contribution in [0.2, 0.25) is 0 Å². The van der Waals surface area contributed by atoms with Gasteiger partial charge in [-0.05, 0) is 93.9 Å². The quantitative estimate of drug-likeness (QED) is 0.172. The van der Waals surface area contributed by atoms with Crippen LogP contribution in [-0.4, -0.2) is 9.13 Å². The molecular formula is C52H30N2S. The minimum atomic E-state index is 1.18. The SMILES string of the molecule is c1ccc(-n2c3ccccc3c3cc(-c4ccc5c(c4)c4ccccc4n5-c4ccc5c6c(cccc46)-c4ccc6c(sc7ccccc76)c4-5)ccc32)cc1. The van der Waals surface area contributed by atoms with Crippen LogP contribution in [0.1, 0.15) is 0 Å². The summed E-state index contributed by atoms with van der Waals surface area (Å²) in [5, 5.41) is 10.4. The Morgan fingerprint density at radius 2 is 0.945 bits per heavy atom. The van der Waals surface area contributed by atoms with E-state index < -0.39 is 0 Å². The van der Waals surface area contributed by atoms with Crippen molar-refractivity contribution in [1.29, 1.82) is 0 Å². The highest BCUT2D eigenvalue weighted by Crippen LogP contribution is 2.54. The van der Waals surface area contributed by atoms with Crippen molar-refractivity contribution in [2.45, 2.75) is 0 Å². The van der Waals surface area contributed by atoms with Crippen molar-refractivity contribution in [1.82, 2.24) is 9.13 Å². The highest BCUT2D eigenvalue weighted by atomic mass is 32.1. The van der Waals surface area contributed by atoms with Gasteiger partial charge in [-0.1, -0.05) is 121 Å². The molecule has 1 aliphatic carbocycles. The molecule has 0 radical (unpaired) electrons. The molecule has 0 bridgehead atoms. The van der Waals surface area contributed by atoms with Gasteiger partial charge in [0.15, 0.2) is 0 Å². The Balaban J connectivity index is 1.01. The van der Waals surface area contributed by atoms with Crippen LogP contribution in [0.4, 0.5) is 0 Å². The molecule has 254 valence electrons. The monoisotopic (exact) mass is 714 g/mol. The lowest BCUT2D eigenvalue weighted by atomic mass is 10.00. The molecular weight excluding hydrogens is 685 g/mol. The average Bonchev–Trinajstić information content (AvgIpc) is 3.98. The number of hydrogen-bond donors (Lipinski definition) is 0. The zero-order valence-corrected chi connectivity index (χ0v) is 30.4. The second-order valence-corrected chi connectivity index (χ2v) is 15.9. The summed E-state index contributed by atoms with van der Waals surface area (Å²) in [7, 11) is 0. The Bertz CT molecular complexity index is 3600. The van der Waals surface area contributed by atoms with E-state index in [1.165, 1.54) is 119 Å². The van der Waals surface area contributed by atoms with Crippen molar-refractivity contribution < 1.29 is 0 Å². The molecule has 0 N–H and O–H groups in total. The molecule has 9 aromatic carbocycles. The summed E-state index contributed by atoms with van der Waals surface area (Å²) in [6, 6.07) is 67.5. The summed E-state index contributed by atoms with van der Waals surface area (Å²) in [6.07, 6.45) is 0. The van der Waals surface area contributed by atoms with Crippen molar-refractivity contribution in [2.24, 2.45) is 0 Å². The first kappa shape index (κ1) is 29.5. The molecule has 0 saturated heterocycles. The molecule has 0 aliphatic heterocycles. The van der Waals surface area contributed by atoms with E-state index in [4.69, 9.17) is 0 Å². The largest absolute Gasteiger partial charge is 0.309 e. The van der Waals surface area contributed by atoms with E-state index in [0.717, 1.165) is 0 Å². The Morgan fingerprint density at radius 3 is 1.71 bits per heavy atom. The van der Waals surface area contributed by atoms with Gasteiger partial charge in [0.2, 0.25) is 0 Å². The van der Waals surface area contributed by atoms with Crippen LogP contribution in [0.3, 0.4) is 0 Å². The number of rotatable bonds is 3. The van der Waals surface area contributed by atoms with Crippen LogP contribution < -0.4 is 0 Å². The lowest BCUT2D eigenvalue weighted by molar-refractivity contribution is 1.18. The molecule has 13 rings (SSSR count). The average molecular weight is 715 g/mol. The van der Waals surface area contributed by atoms with Gasteiger partial charge in [-0.2, -0.15) is 0 Å². The van der Waals surface area contributed by atoms with E-state index in [0.29, 0.717) is 0 Å². The molecule has 12 aromatic rings. The van der Waals surface area contributed by atoms with Gasteiger partial charge in [-0.15, -0.1) is 11.3 Å². The molecule has 3 aromatic heterocycles. The van der Waals surface area contributed by atoms with E-state index in [1.807, 2.05) is 11.3 Å². The van der Waals surface area contributed by atoms with Crippen LogP contribution >= 0.6 is 11.3 Å². The maximum Gasteiger partial charge on any atom is 0.0541 e. The summed E-state index contributed by atoms with van der Waals surface area (Å²) in [5.41, 5.74) is 15.1. The maximum atomic E-state index is 2.49. The summed E-state index contributed by atoms with van der Waals surface area (Å²) in [4.78, 5) is 0. The van der Waals surface area contributed by atoms with Crippen LogP contribution in [-0.2, 0) is 0 Å². The zero-order valence-electron chi connectivity index (χ0n) is 29.6. The number of aromatic nitrogens is 2. The van der Waals surface area contributed by atoms with Gasteiger partial charge >= 0.3 is 0 Å². The normalized spacial score (nSPS) is 12.4. The summed E-state index contributed by atoms with van der Waals surface area (Å²) < 4.78 is 7.60. The van der Waals surface area contributed by atoms with Gasteiger partial charge in [0.1, 0.15) is 0 Å². The Kier molecular flexibility index (Phi) is 5.80. The van der Waals surface area contributed by atoms with Crippen LogP contribution in [0, 0.1) is 0 Å². The lowest BCUT2D eigenvalue weighted by Gasteiger charge is -2.13. The zero-order chi connectivity index (χ0) is 35.8. The van der Waals surface area contributed by atoms with Crippen molar-refractivity contribution in [2.75, 3.05) is 0 Å². The van der Waals surface area contributed by atoms with E-state index in [9.17, 15) is 0 Å². The number of hydrogen-bond acceptors (Lipinski definition) is 1. The molecule has 0 amide bonds. The van der Waals surface area contributed by atoms with Crippen LogP contribution in [0.25, 0.3) is 119 Å². The van der Waals surface area contributed by atoms with Crippen LogP contribution in [0.15, 0.2) is 182 Å². The van der Waals surface area contributed by atoms with E-state index >= 15 is 0 Å². The van der Waals surface area contributed by atoms with Crippen molar-refractivity contribution in [3.05, 3.63) is 182 Å². The lowest BCUT2D eigenvalue weighted by Crippen LogP contribution is -1.95. The fraction of sp³-hybridized carbons (Fsp3) is 0. The third kappa shape index (κ3) is 3.92. The molecule has 0 spiro atoms. The highest BCUT2D eigenvalue weighted by Gasteiger charge is 2.27. The first-order chi connectivity index (χ1) is 27.3. The van der Waals surface area contributed by atoms with Gasteiger partial charge in [-0.3, -0.25) is 0 Å². The first-order valence-corrected chi connectivity index (χ1v) is 19.8. The predicted molar refractivity (Wildman–Crippen MR) is 235 cm³/mol. The smallest absolute Gasteiger partial charge is 0.0541 e. The highest BCUT2D eigenvalue weighted by molar-refractivity contribution is 7.26. The number of para-hydroxylation sites is 3. The molecule has 0 fully saturated rings. The predicted octanol–water partition coefficient (Wildman–Crippen LogP) is 14.7. The molecule has 0 saturated carbocycles. The second-order valence-electron chi connectivity index (χ2n) is 14.8. The second kappa shape index (κ2) is 10.8. The number of thiophene rings is 1. The van der Waals surface area contributed by atoms with E-state index in [-0.39, 0.29) is 0 Å². The molecule has 0 atom stereocenters. The molecule has 3 heteroatoms. The summed E-state index contributed by atoms with van der Waals surface area (Å²) >= 11 is 1.92. The van der Waals surface area contributed by atoms with Crippen molar-refractivity contribution >= 4 is 85.9 Å². The van der Waals surface area contributed by atoms with E-state index in [1.54, 1.807) is 0 Å². The maximum absolute atomic E-state index is 2.49.